The van der Waals surface area contributed by atoms with E-state index in [9.17, 15) is 9.65 Å². The molecule has 0 spiro atoms. The van der Waals surface area contributed by atoms with Crippen molar-refractivity contribution in [1.29, 1.82) is 10.5 Å². The summed E-state index contributed by atoms with van der Waals surface area (Å²) in [6.07, 6.45) is 1.76. The molecule has 32 heavy (non-hydrogen) atoms. The van der Waals surface area contributed by atoms with Crippen LogP contribution in [0.25, 0.3) is 0 Å². The molecule has 2 aromatic rings. The molecule has 170 valence electrons. The van der Waals surface area contributed by atoms with Crippen LogP contribution < -0.4 is 4.74 Å². The number of hydrogen-bond acceptors (Lipinski definition) is 6. The molecule has 7 heteroatoms. The molecule has 1 fully saturated rings. The van der Waals surface area contributed by atoms with Gasteiger partial charge in [-0.3, -0.25) is 4.90 Å². The molecule has 1 aromatic heterocycles. The second-order valence-corrected chi connectivity index (χ2v) is 9.69. The summed E-state index contributed by atoms with van der Waals surface area (Å²) in [5, 5.41) is 19.2. The SMILES string of the molecule is CC(C)C(C#N)(CCCN1CCN(CCOc2ccc(F)cc2)CC1)c1ccc(C#N)s1. The third-order valence-corrected chi connectivity index (χ3v) is 7.51. The predicted octanol–water partition coefficient (Wildman–Crippen LogP) is 4.65. The van der Waals surface area contributed by atoms with Crippen LogP contribution in [0.1, 0.15) is 36.4 Å². The van der Waals surface area contributed by atoms with Gasteiger partial charge in [-0.25, -0.2) is 4.39 Å². The lowest BCUT2D eigenvalue weighted by Gasteiger charge is -2.35. The van der Waals surface area contributed by atoms with Gasteiger partial charge < -0.3 is 9.64 Å². The van der Waals surface area contributed by atoms with Gasteiger partial charge in [0.2, 0.25) is 0 Å². The highest BCUT2D eigenvalue weighted by Crippen LogP contribution is 2.40. The second-order valence-electron chi connectivity index (χ2n) is 8.60. The standard InChI is InChI=1S/C25H31FN4OS/c1-20(2)25(19-28,24-9-8-23(18-27)32-24)10-3-11-29-12-14-30(15-13-29)16-17-31-22-6-4-21(26)5-7-22/h4-9,20H,3,10-17H2,1-2H3. The topological polar surface area (TPSA) is 63.3 Å². The molecule has 0 saturated carbocycles. The Kier molecular flexibility index (Phi) is 8.64. The molecule has 5 nitrogen and oxygen atoms in total. The Morgan fingerprint density at radius 3 is 2.25 bits per heavy atom. The summed E-state index contributed by atoms with van der Waals surface area (Å²) in [5.74, 6) is 0.635. The molecule has 0 bridgehead atoms. The van der Waals surface area contributed by atoms with Gasteiger partial charge in [0.25, 0.3) is 0 Å². The van der Waals surface area contributed by atoms with Crippen molar-refractivity contribution >= 4 is 11.3 Å². The average molecular weight is 455 g/mol. The van der Waals surface area contributed by atoms with Gasteiger partial charge in [-0.2, -0.15) is 10.5 Å². The predicted molar refractivity (Wildman–Crippen MR) is 125 cm³/mol. The number of hydrogen-bond donors (Lipinski definition) is 0. The van der Waals surface area contributed by atoms with E-state index in [0.717, 1.165) is 57.0 Å². The minimum atomic E-state index is -0.528. The number of rotatable bonds is 10. The van der Waals surface area contributed by atoms with Crippen LogP contribution in [0.2, 0.25) is 0 Å². The van der Waals surface area contributed by atoms with E-state index >= 15 is 0 Å². The molecular formula is C25H31FN4OS. The quantitative estimate of drug-likeness (QED) is 0.523. The molecule has 1 aliphatic rings. The minimum absolute atomic E-state index is 0.190. The molecule has 1 atom stereocenters. The summed E-state index contributed by atoms with van der Waals surface area (Å²) in [6.45, 7) is 10.6. The van der Waals surface area contributed by atoms with Crippen molar-refractivity contribution in [2.45, 2.75) is 32.1 Å². The van der Waals surface area contributed by atoms with Crippen LogP contribution in [0.5, 0.6) is 5.75 Å². The number of piperazine rings is 1. The largest absolute Gasteiger partial charge is 0.492 e. The van der Waals surface area contributed by atoms with Gasteiger partial charge in [0.1, 0.15) is 29.1 Å². The fraction of sp³-hybridized carbons (Fsp3) is 0.520. The highest BCUT2D eigenvalue weighted by molar-refractivity contribution is 7.12. The molecule has 0 radical (unpaired) electrons. The molecule has 0 amide bonds. The Labute approximate surface area is 194 Å². The molecule has 1 aromatic carbocycles. The van der Waals surface area contributed by atoms with Crippen molar-refractivity contribution < 1.29 is 9.13 Å². The maximum atomic E-state index is 13.0. The molecule has 3 rings (SSSR count). The van der Waals surface area contributed by atoms with E-state index in [0.29, 0.717) is 17.2 Å². The number of halogens is 1. The van der Waals surface area contributed by atoms with Gasteiger partial charge in [-0.05, 0) is 61.7 Å². The molecule has 1 saturated heterocycles. The normalized spacial score (nSPS) is 16.9. The van der Waals surface area contributed by atoms with Crippen molar-refractivity contribution in [1.82, 2.24) is 9.80 Å². The van der Waals surface area contributed by atoms with Gasteiger partial charge in [0, 0.05) is 37.6 Å². The van der Waals surface area contributed by atoms with E-state index < -0.39 is 5.41 Å². The summed E-state index contributed by atoms with van der Waals surface area (Å²) in [5.41, 5.74) is -0.528. The number of thiophene rings is 1. The second kappa shape index (κ2) is 11.4. The average Bonchev–Trinajstić information content (AvgIpc) is 3.29. The monoisotopic (exact) mass is 454 g/mol. The van der Waals surface area contributed by atoms with E-state index in [4.69, 9.17) is 10.00 Å². The smallest absolute Gasteiger partial charge is 0.123 e. The van der Waals surface area contributed by atoms with Gasteiger partial charge >= 0.3 is 0 Å². The Morgan fingerprint density at radius 2 is 1.69 bits per heavy atom. The number of nitriles is 2. The lowest BCUT2D eigenvalue weighted by molar-refractivity contribution is 0.114. The van der Waals surface area contributed by atoms with E-state index in [1.807, 2.05) is 12.1 Å². The van der Waals surface area contributed by atoms with Gasteiger partial charge in [-0.1, -0.05) is 13.8 Å². The van der Waals surface area contributed by atoms with Gasteiger partial charge in [-0.15, -0.1) is 11.3 Å². The summed E-state index contributed by atoms with van der Waals surface area (Å²) >= 11 is 1.45. The summed E-state index contributed by atoms with van der Waals surface area (Å²) in [7, 11) is 0. The fourth-order valence-electron chi connectivity index (χ4n) is 4.22. The molecule has 1 aliphatic heterocycles. The summed E-state index contributed by atoms with van der Waals surface area (Å²) in [6, 6.07) is 14.7. The molecule has 2 heterocycles. The van der Waals surface area contributed by atoms with Crippen LogP contribution in [0.3, 0.4) is 0 Å². The van der Waals surface area contributed by atoms with Crippen molar-refractivity contribution in [3.05, 3.63) is 52.0 Å². The minimum Gasteiger partial charge on any atom is -0.492 e. The molecule has 0 aliphatic carbocycles. The van der Waals surface area contributed by atoms with Crippen LogP contribution in [-0.4, -0.2) is 55.7 Å². The maximum Gasteiger partial charge on any atom is 0.123 e. The Morgan fingerprint density at radius 1 is 1.03 bits per heavy atom. The summed E-state index contributed by atoms with van der Waals surface area (Å²) in [4.78, 5) is 6.54. The zero-order chi connectivity index (χ0) is 23.0. The third kappa shape index (κ3) is 6.07. The van der Waals surface area contributed by atoms with E-state index in [1.54, 1.807) is 12.1 Å². The molecule has 0 N–H and O–H groups in total. The van der Waals surface area contributed by atoms with Crippen molar-refractivity contribution in [3.8, 4) is 17.9 Å². The number of ether oxygens (including phenoxy) is 1. The highest BCUT2D eigenvalue weighted by Gasteiger charge is 2.37. The van der Waals surface area contributed by atoms with Gasteiger partial charge in [0.15, 0.2) is 0 Å². The molecular weight excluding hydrogens is 423 g/mol. The van der Waals surface area contributed by atoms with Crippen molar-refractivity contribution in [2.75, 3.05) is 45.9 Å². The van der Waals surface area contributed by atoms with Crippen LogP contribution >= 0.6 is 11.3 Å². The van der Waals surface area contributed by atoms with Crippen molar-refractivity contribution in [3.63, 3.8) is 0 Å². The first-order valence-corrected chi connectivity index (χ1v) is 12.0. The maximum absolute atomic E-state index is 13.0. The Bertz CT molecular complexity index is 938. The van der Waals surface area contributed by atoms with Crippen LogP contribution in [0.4, 0.5) is 4.39 Å². The number of nitrogens with zero attached hydrogens (tertiary/aromatic N) is 4. The summed E-state index contributed by atoms with van der Waals surface area (Å²) < 4.78 is 18.7. The highest BCUT2D eigenvalue weighted by atomic mass is 32.1. The van der Waals surface area contributed by atoms with Gasteiger partial charge in [0.05, 0.1) is 11.5 Å². The Hall–Kier alpha value is -2.45. The zero-order valence-corrected chi connectivity index (χ0v) is 19.7. The number of benzene rings is 1. The van der Waals surface area contributed by atoms with Crippen molar-refractivity contribution in [2.24, 2.45) is 5.92 Å². The van der Waals surface area contributed by atoms with E-state index in [-0.39, 0.29) is 11.7 Å². The zero-order valence-electron chi connectivity index (χ0n) is 18.9. The third-order valence-electron chi connectivity index (χ3n) is 6.34. The lowest BCUT2D eigenvalue weighted by Crippen LogP contribution is -2.47. The van der Waals surface area contributed by atoms with Crippen LogP contribution in [0.15, 0.2) is 36.4 Å². The van der Waals surface area contributed by atoms with E-state index in [1.165, 1.54) is 23.5 Å². The van der Waals surface area contributed by atoms with Crippen LogP contribution in [-0.2, 0) is 5.41 Å². The fourth-order valence-corrected chi connectivity index (χ4v) is 5.34. The lowest BCUT2D eigenvalue weighted by atomic mass is 9.73. The van der Waals surface area contributed by atoms with Crippen LogP contribution in [0, 0.1) is 34.4 Å². The first-order chi connectivity index (χ1) is 15.5. The molecule has 1 unspecified atom stereocenters. The first-order valence-electron chi connectivity index (χ1n) is 11.2. The first kappa shape index (κ1) is 24.2. The van der Waals surface area contributed by atoms with E-state index in [2.05, 4.69) is 35.8 Å². The Balaban J connectivity index is 1.41.